The van der Waals surface area contributed by atoms with Crippen molar-refractivity contribution in [3.63, 3.8) is 0 Å². The highest BCUT2D eigenvalue weighted by Gasteiger charge is 2.37. The number of carbonyl (C=O) groups is 2. The lowest BCUT2D eigenvalue weighted by Gasteiger charge is -2.36. The average Bonchev–Trinajstić information content (AvgIpc) is 2.82. The van der Waals surface area contributed by atoms with Crippen molar-refractivity contribution in [3.05, 3.63) is 59.7 Å². The van der Waals surface area contributed by atoms with Crippen LogP contribution in [0.4, 0.5) is 13.2 Å². The van der Waals surface area contributed by atoms with Gasteiger partial charge < -0.3 is 14.5 Å². The number of piperazine rings is 1. The summed E-state index contributed by atoms with van der Waals surface area (Å²) in [6, 6.07) is 9.12. The molecule has 0 aromatic heterocycles. The Morgan fingerprint density at radius 3 is 2.09 bits per heavy atom. The highest BCUT2D eigenvalue weighted by Crippen LogP contribution is 2.32. The molecule has 0 unspecified atom stereocenters. The lowest BCUT2D eigenvalue weighted by atomic mass is 10.1. The van der Waals surface area contributed by atoms with E-state index in [-0.39, 0.29) is 31.1 Å². The molecule has 1 heterocycles. The number of alkyl halides is 3. The van der Waals surface area contributed by atoms with E-state index < -0.39 is 45.2 Å². The van der Waals surface area contributed by atoms with Gasteiger partial charge in [-0.2, -0.15) is 17.9 Å². The third-order valence-corrected chi connectivity index (χ3v) is 6.97. The van der Waals surface area contributed by atoms with Crippen molar-refractivity contribution in [1.82, 2.24) is 14.5 Å². The second kappa shape index (κ2) is 10.0. The van der Waals surface area contributed by atoms with Gasteiger partial charge in [-0.15, -0.1) is 0 Å². The molecule has 0 spiro atoms. The highest BCUT2D eigenvalue weighted by molar-refractivity contribution is 7.89. The Morgan fingerprint density at radius 2 is 1.53 bits per heavy atom. The van der Waals surface area contributed by atoms with Crippen LogP contribution in [-0.4, -0.2) is 69.4 Å². The summed E-state index contributed by atoms with van der Waals surface area (Å²) in [6.07, 6.45) is -4.67. The minimum absolute atomic E-state index is 0.0225. The van der Waals surface area contributed by atoms with E-state index in [0.29, 0.717) is 5.75 Å². The topological polar surface area (TPSA) is 96.0 Å². The molecule has 2 amide bonds. The Bertz CT molecular complexity index is 1150. The van der Waals surface area contributed by atoms with Crippen LogP contribution < -0.4 is 9.46 Å². The smallest absolute Gasteiger partial charge is 0.417 e. The molecule has 3 rings (SSSR count). The van der Waals surface area contributed by atoms with E-state index in [4.69, 9.17) is 4.74 Å². The molecule has 1 aliphatic heterocycles. The third kappa shape index (κ3) is 5.68. The predicted octanol–water partition coefficient (Wildman–Crippen LogP) is 2.37. The summed E-state index contributed by atoms with van der Waals surface area (Å²) >= 11 is 0. The number of rotatable bonds is 6. The van der Waals surface area contributed by atoms with E-state index in [9.17, 15) is 31.2 Å². The van der Waals surface area contributed by atoms with Crippen molar-refractivity contribution in [2.45, 2.75) is 24.0 Å². The van der Waals surface area contributed by atoms with Gasteiger partial charge in [0.15, 0.2) is 0 Å². The van der Waals surface area contributed by atoms with Crippen LogP contribution in [0.1, 0.15) is 22.8 Å². The Balaban J connectivity index is 1.61. The zero-order valence-corrected chi connectivity index (χ0v) is 19.3. The average molecular weight is 500 g/mol. The number of hydrogen-bond donors (Lipinski definition) is 1. The molecule has 2 aromatic carbocycles. The first-order valence-corrected chi connectivity index (χ1v) is 11.8. The number of ether oxygens (including phenoxy) is 1. The van der Waals surface area contributed by atoms with Crippen LogP contribution in [0.15, 0.2) is 53.4 Å². The van der Waals surface area contributed by atoms with Crippen molar-refractivity contribution < 1.29 is 35.9 Å². The van der Waals surface area contributed by atoms with Crippen LogP contribution in [0, 0.1) is 0 Å². The Labute approximate surface area is 195 Å². The van der Waals surface area contributed by atoms with Gasteiger partial charge in [-0.1, -0.05) is 12.1 Å². The van der Waals surface area contributed by atoms with Gasteiger partial charge in [-0.3, -0.25) is 9.59 Å². The number of hydrogen-bond acceptors (Lipinski definition) is 5. The molecule has 34 heavy (non-hydrogen) atoms. The van der Waals surface area contributed by atoms with E-state index in [1.807, 2.05) is 0 Å². The van der Waals surface area contributed by atoms with E-state index in [2.05, 4.69) is 4.72 Å². The number of carbonyl (C=O) groups excluding carboxylic acids is 2. The van der Waals surface area contributed by atoms with Gasteiger partial charge in [0.2, 0.25) is 15.9 Å². The van der Waals surface area contributed by atoms with Crippen molar-refractivity contribution in [3.8, 4) is 5.75 Å². The molecule has 184 valence electrons. The number of sulfonamides is 1. The lowest BCUT2D eigenvalue weighted by Crippen LogP contribution is -2.55. The Hall–Kier alpha value is -3.12. The summed E-state index contributed by atoms with van der Waals surface area (Å²) in [6.45, 7) is 1.57. The maximum Gasteiger partial charge on any atom is 0.417 e. The summed E-state index contributed by atoms with van der Waals surface area (Å²) in [4.78, 5) is 28.0. The molecule has 0 saturated carbocycles. The third-order valence-electron chi connectivity index (χ3n) is 5.41. The van der Waals surface area contributed by atoms with Crippen LogP contribution in [0.3, 0.4) is 0 Å². The fraction of sp³-hybridized carbons (Fsp3) is 0.364. The molecule has 12 heteroatoms. The van der Waals surface area contributed by atoms with E-state index in [1.165, 1.54) is 60.2 Å². The van der Waals surface area contributed by atoms with Gasteiger partial charge in [0.1, 0.15) is 5.75 Å². The van der Waals surface area contributed by atoms with Crippen molar-refractivity contribution in [2.24, 2.45) is 0 Å². The molecule has 0 radical (unpaired) electrons. The number of amides is 2. The Morgan fingerprint density at radius 1 is 0.971 bits per heavy atom. The maximum absolute atomic E-state index is 13.2. The summed E-state index contributed by atoms with van der Waals surface area (Å²) < 4.78 is 72.2. The Kier molecular flexibility index (Phi) is 7.51. The van der Waals surface area contributed by atoms with E-state index in [1.54, 1.807) is 0 Å². The molecule has 1 aliphatic rings. The monoisotopic (exact) mass is 499 g/mol. The summed E-state index contributed by atoms with van der Waals surface area (Å²) in [5.74, 6) is -0.790. The van der Waals surface area contributed by atoms with Crippen LogP contribution in [0.2, 0.25) is 0 Å². The molecule has 2 aromatic rings. The molecule has 1 N–H and O–H groups in total. The van der Waals surface area contributed by atoms with Crippen molar-refractivity contribution in [2.75, 3.05) is 33.3 Å². The quantitative estimate of drug-likeness (QED) is 0.659. The SMILES string of the molecule is COc1ccc(S(=O)(=O)N[C@@H](C)C(=O)N2CCN(C(=O)c3ccccc3C(F)(F)F)CC2)cc1. The first-order chi connectivity index (χ1) is 15.9. The predicted molar refractivity (Wildman–Crippen MR) is 117 cm³/mol. The number of nitrogens with one attached hydrogen (secondary N) is 1. The van der Waals surface area contributed by atoms with Crippen molar-refractivity contribution >= 4 is 21.8 Å². The summed E-state index contributed by atoms with van der Waals surface area (Å²) in [5.41, 5.74) is -1.46. The van der Waals surface area contributed by atoms with E-state index >= 15 is 0 Å². The fourth-order valence-corrected chi connectivity index (χ4v) is 4.79. The van der Waals surface area contributed by atoms with Gasteiger partial charge in [-0.25, -0.2) is 8.42 Å². The second-order valence-corrected chi connectivity index (χ2v) is 9.39. The first-order valence-electron chi connectivity index (χ1n) is 10.3. The normalized spacial score (nSPS) is 15.7. The van der Waals surface area contributed by atoms with Gasteiger partial charge in [0, 0.05) is 26.2 Å². The molecule has 1 fully saturated rings. The van der Waals surface area contributed by atoms with Gasteiger partial charge in [0.05, 0.1) is 29.2 Å². The van der Waals surface area contributed by atoms with Crippen LogP contribution in [-0.2, 0) is 21.0 Å². The van der Waals surface area contributed by atoms with Gasteiger partial charge in [0.25, 0.3) is 5.91 Å². The number of benzene rings is 2. The minimum Gasteiger partial charge on any atom is -0.497 e. The molecular formula is C22H24F3N3O5S. The molecule has 0 aliphatic carbocycles. The lowest BCUT2D eigenvalue weighted by molar-refractivity contribution is -0.138. The molecule has 1 saturated heterocycles. The minimum atomic E-state index is -4.67. The number of methoxy groups -OCH3 is 1. The number of halogens is 3. The van der Waals surface area contributed by atoms with Crippen LogP contribution in [0.5, 0.6) is 5.75 Å². The molecule has 8 nitrogen and oxygen atoms in total. The van der Waals surface area contributed by atoms with Crippen molar-refractivity contribution in [1.29, 1.82) is 0 Å². The van der Waals surface area contributed by atoms with E-state index in [0.717, 1.165) is 12.1 Å². The molecular weight excluding hydrogens is 475 g/mol. The molecule has 1 atom stereocenters. The van der Waals surface area contributed by atoms with Gasteiger partial charge >= 0.3 is 6.18 Å². The summed E-state index contributed by atoms with van der Waals surface area (Å²) in [7, 11) is -2.52. The van der Waals surface area contributed by atoms with Crippen LogP contribution in [0.25, 0.3) is 0 Å². The zero-order valence-electron chi connectivity index (χ0n) is 18.5. The number of nitrogens with zero attached hydrogens (tertiary/aromatic N) is 2. The van der Waals surface area contributed by atoms with Gasteiger partial charge in [-0.05, 0) is 43.3 Å². The summed E-state index contributed by atoms with van der Waals surface area (Å²) in [5, 5.41) is 0. The largest absolute Gasteiger partial charge is 0.497 e. The second-order valence-electron chi connectivity index (χ2n) is 7.68. The first kappa shape index (κ1) is 25.5. The maximum atomic E-state index is 13.2. The zero-order chi connectivity index (χ0) is 25.1. The standard InChI is InChI=1S/C22H24F3N3O5S/c1-15(26-34(31,32)17-9-7-16(33-2)8-10-17)20(29)27-11-13-28(14-12-27)21(30)18-5-3-4-6-19(18)22(23,24)25/h3-10,15,26H,11-14H2,1-2H3/t15-/m0/s1. The fourth-order valence-electron chi connectivity index (χ4n) is 3.60. The van der Waals surface area contributed by atoms with Crippen LogP contribution >= 0.6 is 0 Å². The molecule has 0 bridgehead atoms. The highest BCUT2D eigenvalue weighted by atomic mass is 32.2.